The Morgan fingerprint density at radius 3 is 3.05 bits per heavy atom. The summed E-state index contributed by atoms with van der Waals surface area (Å²) in [6.07, 6.45) is 4.27. The van der Waals surface area contributed by atoms with Crippen molar-refractivity contribution in [3.05, 3.63) is 42.2 Å². The second-order valence-electron chi connectivity index (χ2n) is 4.89. The van der Waals surface area contributed by atoms with Crippen LogP contribution < -0.4 is 4.90 Å². The van der Waals surface area contributed by atoms with Crippen LogP contribution in [0.2, 0.25) is 0 Å². The van der Waals surface area contributed by atoms with Gasteiger partial charge in [-0.15, -0.1) is 11.8 Å². The number of anilines is 1. The van der Waals surface area contributed by atoms with E-state index >= 15 is 0 Å². The Balaban J connectivity index is 1.69. The van der Waals surface area contributed by atoms with Crippen LogP contribution in [0.5, 0.6) is 0 Å². The summed E-state index contributed by atoms with van der Waals surface area (Å²) in [5.41, 5.74) is 2.17. The van der Waals surface area contributed by atoms with Gasteiger partial charge in [0.25, 0.3) is 0 Å². The highest BCUT2D eigenvalue weighted by Crippen LogP contribution is 2.34. The Bertz CT molecular complexity index is 623. The number of aryl methyl sites for hydroxylation is 2. The number of fused-ring (bicyclic) bond motifs is 1. The van der Waals surface area contributed by atoms with E-state index in [4.69, 9.17) is 0 Å². The molecule has 4 nitrogen and oxygen atoms in total. The quantitative estimate of drug-likeness (QED) is 0.871. The van der Waals surface area contributed by atoms with Crippen molar-refractivity contribution >= 4 is 23.4 Å². The number of thioether (sulfide) groups is 1. The van der Waals surface area contributed by atoms with E-state index in [0.717, 1.165) is 23.5 Å². The Kier molecular flexibility index (Phi) is 3.78. The second-order valence-corrected chi connectivity index (χ2v) is 6.03. The Hall–Kier alpha value is -1.75. The van der Waals surface area contributed by atoms with Gasteiger partial charge in [0.15, 0.2) is 0 Å². The lowest BCUT2D eigenvalue weighted by Crippen LogP contribution is -2.35. The fraction of sp³-hybridized carbons (Fsp3) is 0.333. The fourth-order valence-electron chi connectivity index (χ4n) is 2.36. The third-order valence-corrected chi connectivity index (χ3v) is 4.39. The third kappa shape index (κ3) is 2.72. The monoisotopic (exact) mass is 287 g/mol. The van der Waals surface area contributed by atoms with E-state index in [1.54, 1.807) is 0 Å². The van der Waals surface area contributed by atoms with E-state index < -0.39 is 0 Å². The maximum atomic E-state index is 12.4. The van der Waals surface area contributed by atoms with Gasteiger partial charge >= 0.3 is 0 Å². The zero-order chi connectivity index (χ0) is 13.9. The third-order valence-electron chi connectivity index (χ3n) is 3.35. The lowest BCUT2D eigenvalue weighted by Gasteiger charge is -2.29. The zero-order valence-electron chi connectivity index (χ0n) is 11.5. The van der Waals surface area contributed by atoms with Crippen molar-refractivity contribution in [1.29, 1.82) is 0 Å². The highest BCUT2D eigenvalue weighted by atomic mass is 32.2. The summed E-state index contributed by atoms with van der Waals surface area (Å²) < 4.78 is 1.83. The van der Waals surface area contributed by atoms with Crippen LogP contribution in [0.3, 0.4) is 0 Å². The van der Waals surface area contributed by atoms with Gasteiger partial charge in [-0.05, 0) is 24.6 Å². The van der Waals surface area contributed by atoms with Crippen LogP contribution >= 0.6 is 11.8 Å². The van der Waals surface area contributed by atoms with Gasteiger partial charge in [-0.25, -0.2) is 0 Å². The second kappa shape index (κ2) is 5.71. The lowest BCUT2D eigenvalue weighted by molar-refractivity contribution is -0.118. The van der Waals surface area contributed by atoms with Crippen molar-refractivity contribution in [3.63, 3.8) is 0 Å². The molecule has 0 unspecified atom stereocenters. The van der Waals surface area contributed by atoms with Crippen LogP contribution in [-0.4, -0.2) is 28.0 Å². The molecule has 1 aliphatic rings. The number of carbonyl (C=O) groups is 1. The molecule has 0 atom stereocenters. The number of hydrogen-bond acceptors (Lipinski definition) is 3. The maximum Gasteiger partial charge on any atom is 0.228 e. The van der Waals surface area contributed by atoms with E-state index in [-0.39, 0.29) is 5.91 Å². The maximum absolute atomic E-state index is 12.4. The van der Waals surface area contributed by atoms with Gasteiger partial charge in [-0.3, -0.25) is 9.48 Å². The molecule has 0 radical (unpaired) electrons. The first-order valence-corrected chi connectivity index (χ1v) is 7.74. The molecule has 0 fully saturated rings. The zero-order valence-corrected chi connectivity index (χ0v) is 12.3. The number of hydrogen-bond donors (Lipinski definition) is 0. The number of amides is 1. The van der Waals surface area contributed by atoms with Gasteiger partial charge < -0.3 is 4.90 Å². The molecular formula is C15H17N3OS. The van der Waals surface area contributed by atoms with Crippen molar-refractivity contribution in [1.82, 2.24) is 9.78 Å². The highest BCUT2D eigenvalue weighted by Gasteiger charge is 2.22. The minimum absolute atomic E-state index is 0.172. The molecule has 1 amide bonds. The molecular weight excluding hydrogens is 270 g/mol. The molecule has 5 heteroatoms. The highest BCUT2D eigenvalue weighted by molar-refractivity contribution is 7.99. The fourth-order valence-corrected chi connectivity index (χ4v) is 3.36. The molecule has 0 saturated carbocycles. The molecule has 1 aromatic carbocycles. The summed E-state index contributed by atoms with van der Waals surface area (Å²) in [4.78, 5) is 15.5. The molecule has 0 bridgehead atoms. The first-order chi connectivity index (χ1) is 9.74. The average molecular weight is 287 g/mol. The van der Waals surface area contributed by atoms with E-state index in [1.165, 1.54) is 4.90 Å². The number of para-hydroxylation sites is 1. The molecule has 3 rings (SSSR count). The van der Waals surface area contributed by atoms with Gasteiger partial charge in [-0.1, -0.05) is 12.1 Å². The van der Waals surface area contributed by atoms with Crippen molar-refractivity contribution in [3.8, 4) is 0 Å². The van der Waals surface area contributed by atoms with E-state index in [0.29, 0.717) is 13.0 Å². The molecule has 0 N–H and O–H groups in total. The molecule has 1 aromatic heterocycles. The van der Waals surface area contributed by atoms with Crippen LogP contribution in [0.15, 0.2) is 41.6 Å². The standard InChI is InChI=1S/C15H17N3OS/c1-12-10-16-17(11-12)7-6-15(19)18-8-9-20-14-5-3-2-4-13(14)18/h2-5,10-11H,6-9H2,1H3. The SMILES string of the molecule is Cc1cnn(CCC(=O)N2CCSc3ccccc32)c1. The van der Waals surface area contributed by atoms with Crippen LogP contribution in [0.25, 0.3) is 0 Å². The van der Waals surface area contributed by atoms with Crippen LogP contribution in [0.4, 0.5) is 5.69 Å². The average Bonchev–Trinajstić information content (AvgIpc) is 2.90. The number of carbonyl (C=O) groups excluding carboxylic acids is 1. The molecule has 2 aromatic rings. The molecule has 0 aliphatic carbocycles. The molecule has 0 saturated heterocycles. The van der Waals surface area contributed by atoms with Gasteiger partial charge in [0.05, 0.1) is 11.9 Å². The van der Waals surface area contributed by atoms with Crippen molar-refractivity contribution in [2.45, 2.75) is 24.8 Å². The van der Waals surface area contributed by atoms with Gasteiger partial charge in [-0.2, -0.15) is 5.10 Å². The summed E-state index contributed by atoms with van der Waals surface area (Å²) in [7, 11) is 0. The molecule has 2 heterocycles. The molecule has 1 aliphatic heterocycles. The number of benzene rings is 1. The minimum Gasteiger partial charge on any atom is -0.310 e. The summed E-state index contributed by atoms with van der Waals surface area (Å²) in [5, 5.41) is 4.22. The van der Waals surface area contributed by atoms with Gasteiger partial charge in [0.1, 0.15) is 0 Å². The normalized spacial score (nSPS) is 14.2. The van der Waals surface area contributed by atoms with Crippen LogP contribution in [-0.2, 0) is 11.3 Å². The first-order valence-electron chi connectivity index (χ1n) is 6.75. The molecule has 20 heavy (non-hydrogen) atoms. The van der Waals surface area contributed by atoms with Crippen molar-refractivity contribution in [2.24, 2.45) is 0 Å². The number of nitrogens with zero attached hydrogens (tertiary/aromatic N) is 3. The first kappa shape index (κ1) is 13.2. The number of rotatable bonds is 3. The minimum atomic E-state index is 0.172. The molecule has 0 spiro atoms. The van der Waals surface area contributed by atoms with E-state index in [9.17, 15) is 4.79 Å². The van der Waals surface area contributed by atoms with Crippen LogP contribution in [0, 0.1) is 6.92 Å². The predicted octanol–water partition coefficient (Wildman–Crippen LogP) is 2.72. The summed E-state index contributed by atoms with van der Waals surface area (Å²) in [5.74, 6) is 1.13. The molecule has 104 valence electrons. The Morgan fingerprint density at radius 1 is 1.40 bits per heavy atom. The largest absolute Gasteiger partial charge is 0.310 e. The lowest BCUT2D eigenvalue weighted by atomic mass is 10.2. The summed E-state index contributed by atoms with van der Waals surface area (Å²) in [6, 6.07) is 8.11. The van der Waals surface area contributed by atoms with E-state index in [2.05, 4.69) is 11.2 Å². The predicted molar refractivity (Wildman–Crippen MR) is 81.1 cm³/mol. The topological polar surface area (TPSA) is 38.1 Å². The van der Waals surface area contributed by atoms with Crippen molar-refractivity contribution in [2.75, 3.05) is 17.2 Å². The Labute approximate surface area is 122 Å². The Morgan fingerprint density at radius 2 is 2.25 bits per heavy atom. The van der Waals surface area contributed by atoms with Gasteiger partial charge in [0, 0.05) is 36.4 Å². The summed E-state index contributed by atoms with van der Waals surface area (Å²) >= 11 is 1.82. The number of aromatic nitrogens is 2. The summed E-state index contributed by atoms with van der Waals surface area (Å²) in [6.45, 7) is 3.43. The van der Waals surface area contributed by atoms with E-state index in [1.807, 2.05) is 58.9 Å². The van der Waals surface area contributed by atoms with Crippen molar-refractivity contribution < 1.29 is 4.79 Å². The van der Waals surface area contributed by atoms with Crippen LogP contribution in [0.1, 0.15) is 12.0 Å². The van der Waals surface area contributed by atoms with Gasteiger partial charge in [0.2, 0.25) is 5.91 Å². The smallest absolute Gasteiger partial charge is 0.228 e.